The fourth-order valence-corrected chi connectivity index (χ4v) is 1.50. The van der Waals surface area contributed by atoms with Crippen molar-refractivity contribution >= 4 is 5.57 Å². The van der Waals surface area contributed by atoms with Gasteiger partial charge in [-0.3, -0.25) is 0 Å². The topological polar surface area (TPSA) is 18.5 Å². The normalized spacial score (nSPS) is 19.8. The van der Waals surface area contributed by atoms with E-state index in [1.165, 1.54) is 5.56 Å². The predicted octanol–water partition coefficient (Wildman–Crippen LogP) is 2.37. The minimum absolute atomic E-state index is 0.309. The van der Waals surface area contributed by atoms with Gasteiger partial charge >= 0.3 is 0 Å². The molecule has 0 amide bonds. The van der Waals surface area contributed by atoms with E-state index < -0.39 is 0 Å². The lowest BCUT2D eigenvalue weighted by Crippen LogP contribution is -2.13. The molecule has 1 aliphatic heterocycles. The summed E-state index contributed by atoms with van der Waals surface area (Å²) in [6.07, 6.45) is -0.309. The Balaban J connectivity index is 2.44. The molecule has 68 valence electrons. The van der Waals surface area contributed by atoms with Crippen LogP contribution in [0.5, 0.6) is 5.75 Å². The highest BCUT2D eigenvalue weighted by Crippen LogP contribution is 2.36. The van der Waals surface area contributed by atoms with Crippen LogP contribution in [-0.4, -0.2) is 13.4 Å². The first-order valence-corrected chi connectivity index (χ1v) is 4.21. The van der Waals surface area contributed by atoms with E-state index in [1.54, 1.807) is 7.11 Å². The number of hydrogen-bond donors (Lipinski definition) is 0. The monoisotopic (exact) mass is 176 g/mol. The lowest BCUT2D eigenvalue weighted by atomic mass is 10.1. The largest absolute Gasteiger partial charge is 0.460 e. The van der Waals surface area contributed by atoms with Crippen LogP contribution in [0.4, 0.5) is 0 Å². The van der Waals surface area contributed by atoms with Gasteiger partial charge in [0, 0.05) is 18.2 Å². The number of rotatable bonds is 1. The highest BCUT2D eigenvalue weighted by Gasteiger charge is 2.26. The lowest BCUT2D eigenvalue weighted by Gasteiger charge is -2.07. The molecule has 0 saturated heterocycles. The average Bonchev–Trinajstić information content (AvgIpc) is 2.42. The SMILES string of the molecule is C=C1c2ccc(C)cc2OC1OC. The Morgan fingerprint density at radius 2 is 2.23 bits per heavy atom. The van der Waals surface area contributed by atoms with E-state index in [9.17, 15) is 0 Å². The number of benzene rings is 1. The van der Waals surface area contributed by atoms with Gasteiger partial charge in [-0.2, -0.15) is 0 Å². The van der Waals surface area contributed by atoms with Gasteiger partial charge in [0.2, 0.25) is 6.29 Å². The molecule has 1 atom stereocenters. The van der Waals surface area contributed by atoms with Gasteiger partial charge < -0.3 is 9.47 Å². The summed E-state index contributed by atoms with van der Waals surface area (Å²) < 4.78 is 10.7. The van der Waals surface area contributed by atoms with E-state index >= 15 is 0 Å². The summed E-state index contributed by atoms with van der Waals surface area (Å²) in [7, 11) is 1.62. The zero-order valence-electron chi connectivity index (χ0n) is 7.83. The molecule has 0 aliphatic carbocycles. The number of methoxy groups -OCH3 is 1. The van der Waals surface area contributed by atoms with Crippen LogP contribution in [0.3, 0.4) is 0 Å². The Morgan fingerprint density at radius 1 is 1.46 bits per heavy atom. The summed E-state index contributed by atoms with van der Waals surface area (Å²) in [6, 6.07) is 6.07. The molecular weight excluding hydrogens is 164 g/mol. The second-order valence-electron chi connectivity index (χ2n) is 3.21. The molecule has 0 bridgehead atoms. The zero-order chi connectivity index (χ0) is 9.42. The Kier molecular flexibility index (Phi) is 1.85. The number of ether oxygens (including phenoxy) is 2. The molecule has 13 heavy (non-hydrogen) atoms. The molecule has 1 unspecified atom stereocenters. The van der Waals surface area contributed by atoms with Crippen LogP contribution < -0.4 is 4.74 Å². The number of aryl methyl sites for hydroxylation is 1. The van der Waals surface area contributed by atoms with Crippen molar-refractivity contribution in [2.75, 3.05) is 7.11 Å². The van der Waals surface area contributed by atoms with Crippen molar-refractivity contribution in [1.82, 2.24) is 0 Å². The molecule has 2 nitrogen and oxygen atoms in total. The Labute approximate surface area is 77.8 Å². The quantitative estimate of drug-likeness (QED) is 0.654. The molecule has 1 aliphatic rings. The van der Waals surface area contributed by atoms with Crippen molar-refractivity contribution in [2.45, 2.75) is 13.2 Å². The first-order chi connectivity index (χ1) is 6.22. The van der Waals surface area contributed by atoms with Crippen molar-refractivity contribution in [3.63, 3.8) is 0 Å². The minimum Gasteiger partial charge on any atom is -0.460 e. The molecule has 2 rings (SSSR count). The molecule has 0 spiro atoms. The highest BCUT2D eigenvalue weighted by molar-refractivity contribution is 5.74. The van der Waals surface area contributed by atoms with E-state index in [2.05, 4.69) is 6.58 Å². The first-order valence-electron chi connectivity index (χ1n) is 4.21. The third kappa shape index (κ3) is 1.23. The van der Waals surface area contributed by atoms with Gasteiger partial charge in [-0.25, -0.2) is 0 Å². The Morgan fingerprint density at radius 3 is 2.92 bits per heavy atom. The molecule has 0 aromatic heterocycles. The van der Waals surface area contributed by atoms with Crippen molar-refractivity contribution < 1.29 is 9.47 Å². The van der Waals surface area contributed by atoms with Crippen LogP contribution in [0.1, 0.15) is 11.1 Å². The third-order valence-electron chi connectivity index (χ3n) is 2.22. The number of fused-ring (bicyclic) bond motifs is 1. The lowest BCUT2D eigenvalue weighted by molar-refractivity contribution is 0.00152. The summed E-state index contributed by atoms with van der Waals surface area (Å²) in [5, 5.41) is 0. The fourth-order valence-electron chi connectivity index (χ4n) is 1.50. The maximum Gasteiger partial charge on any atom is 0.226 e. The van der Waals surface area contributed by atoms with E-state index in [0.717, 1.165) is 16.9 Å². The van der Waals surface area contributed by atoms with Gasteiger partial charge in [0.25, 0.3) is 0 Å². The molecule has 1 aromatic carbocycles. The Hall–Kier alpha value is -1.28. The van der Waals surface area contributed by atoms with Crippen molar-refractivity contribution in [3.05, 3.63) is 35.9 Å². The molecule has 0 saturated carbocycles. The van der Waals surface area contributed by atoms with E-state index in [1.807, 2.05) is 25.1 Å². The molecular formula is C11H12O2. The maximum atomic E-state index is 5.53. The van der Waals surface area contributed by atoms with Crippen LogP contribution in [-0.2, 0) is 4.74 Å². The van der Waals surface area contributed by atoms with Crippen molar-refractivity contribution in [2.24, 2.45) is 0 Å². The molecule has 2 heteroatoms. The summed E-state index contributed by atoms with van der Waals surface area (Å²) in [5.41, 5.74) is 3.14. The standard InChI is InChI=1S/C11H12O2/c1-7-4-5-9-8(2)11(12-3)13-10(9)6-7/h4-6,11H,2H2,1,3H3. The van der Waals surface area contributed by atoms with Crippen LogP contribution in [0.25, 0.3) is 5.57 Å². The van der Waals surface area contributed by atoms with Gasteiger partial charge in [-0.1, -0.05) is 18.7 Å². The van der Waals surface area contributed by atoms with Gasteiger partial charge in [0.05, 0.1) is 0 Å². The average molecular weight is 176 g/mol. The number of hydrogen-bond acceptors (Lipinski definition) is 2. The van der Waals surface area contributed by atoms with E-state index in [4.69, 9.17) is 9.47 Å². The van der Waals surface area contributed by atoms with Crippen LogP contribution in [0.2, 0.25) is 0 Å². The highest BCUT2D eigenvalue weighted by atomic mass is 16.7. The molecule has 0 N–H and O–H groups in total. The Bertz CT molecular complexity index is 355. The first kappa shape index (κ1) is 8.32. The van der Waals surface area contributed by atoms with Crippen molar-refractivity contribution in [1.29, 1.82) is 0 Å². The zero-order valence-corrected chi connectivity index (χ0v) is 7.83. The summed E-state index contributed by atoms with van der Waals surface area (Å²) in [5.74, 6) is 0.872. The van der Waals surface area contributed by atoms with Gasteiger partial charge in [0.15, 0.2) is 0 Å². The van der Waals surface area contributed by atoms with E-state index in [0.29, 0.717) is 0 Å². The van der Waals surface area contributed by atoms with Gasteiger partial charge in [-0.05, 0) is 18.6 Å². The van der Waals surface area contributed by atoms with Crippen LogP contribution in [0, 0.1) is 6.92 Å². The predicted molar refractivity (Wildman–Crippen MR) is 51.6 cm³/mol. The van der Waals surface area contributed by atoms with Gasteiger partial charge in [-0.15, -0.1) is 0 Å². The molecule has 0 fully saturated rings. The summed E-state index contributed by atoms with van der Waals surface area (Å²) in [4.78, 5) is 0. The second kappa shape index (κ2) is 2.89. The van der Waals surface area contributed by atoms with Crippen molar-refractivity contribution in [3.8, 4) is 5.75 Å². The molecule has 1 heterocycles. The molecule has 1 aromatic rings. The fraction of sp³-hybridized carbons (Fsp3) is 0.273. The van der Waals surface area contributed by atoms with Gasteiger partial charge in [0.1, 0.15) is 5.75 Å². The van der Waals surface area contributed by atoms with E-state index in [-0.39, 0.29) is 6.29 Å². The smallest absolute Gasteiger partial charge is 0.226 e. The molecule has 0 radical (unpaired) electrons. The maximum absolute atomic E-state index is 5.53. The summed E-state index contributed by atoms with van der Waals surface area (Å²) >= 11 is 0. The second-order valence-corrected chi connectivity index (χ2v) is 3.21. The van der Waals surface area contributed by atoms with Crippen LogP contribution in [0.15, 0.2) is 24.8 Å². The summed E-state index contributed by atoms with van der Waals surface area (Å²) in [6.45, 7) is 5.96. The third-order valence-corrected chi connectivity index (χ3v) is 2.22. The van der Waals surface area contributed by atoms with Crippen LogP contribution >= 0.6 is 0 Å². The minimum atomic E-state index is -0.309.